The van der Waals surface area contributed by atoms with Gasteiger partial charge in [0.05, 0.1) is 41.6 Å². The first-order valence-electron chi connectivity index (χ1n) is 7.17. The van der Waals surface area contributed by atoms with Gasteiger partial charge < -0.3 is 0 Å². The third-order valence-corrected chi connectivity index (χ3v) is 6.34. The summed E-state index contributed by atoms with van der Waals surface area (Å²) in [5.41, 5.74) is 1.14. The van der Waals surface area contributed by atoms with Crippen molar-refractivity contribution in [1.82, 2.24) is 0 Å². The fourth-order valence-corrected chi connectivity index (χ4v) is 3.66. The average molecular weight is 484 g/mol. The Labute approximate surface area is 170 Å². The summed E-state index contributed by atoms with van der Waals surface area (Å²) >= 11 is 21.4. The molecule has 0 N–H and O–H groups in total. The lowest BCUT2D eigenvalue weighted by molar-refractivity contribution is 1.14. The second-order valence-corrected chi connectivity index (χ2v) is 7.35. The maximum atomic E-state index is 6.51. The van der Waals surface area contributed by atoms with E-state index in [1.165, 1.54) is 0 Å². The molecule has 0 radical (unpaired) electrons. The second kappa shape index (κ2) is 7.85. The highest BCUT2D eigenvalue weighted by molar-refractivity contribution is 14.1. The fraction of sp³-hybridized carbons (Fsp3) is 0.100. The lowest BCUT2D eigenvalue weighted by Crippen LogP contribution is -1.94. The fourth-order valence-electron chi connectivity index (χ4n) is 2.22. The van der Waals surface area contributed by atoms with Crippen LogP contribution in [0, 0.1) is 39.1 Å². The Morgan fingerprint density at radius 3 is 1.42 bits per heavy atom. The van der Waals surface area contributed by atoms with E-state index in [0.717, 1.165) is 0 Å². The Bertz CT molecular complexity index is 831. The van der Waals surface area contributed by atoms with Crippen molar-refractivity contribution in [2.75, 3.05) is 0 Å². The van der Waals surface area contributed by atoms with Gasteiger partial charge in [0.1, 0.15) is 0 Å². The van der Waals surface area contributed by atoms with E-state index in [1.54, 1.807) is 0 Å². The number of benzene rings is 1. The highest BCUT2D eigenvalue weighted by Gasteiger charge is 2.18. The van der Waals surface area contributed by atoms with E-state index in [9.17, 15) is 0 Å². The van der Waals surface area contributed by atoms with Crippen molar-refractivity contribution in [3.05, 3.63) is 78.4 Å². The van der Waals surface area contributed by atoms with E-state index in [2.05, 4.69) is 46.3 Å². The molecule has 0 nitrogen and oxygen atoms in total. The van der Waals surface area contributed by atoms with E-state index < -0.39 is 0 Å². The van der Waals surface area contributed by atoms with Gasteiger partial charge in [-0.15, -0.1) is 0 Å². The van der Waals surface area contributed by atoms with Crippen molar-refractivity contribution in [3.8, 4) is 23.7 Å². The van der Waals surface area contributed by atoms with Crippen LogP contribution >= 0.6 is 57.4 Å². The monoisotopic (exact) mass is 482 g/mol. The number of hydrogen-bond donors (Lipinski definition) is 0. The maximum absolute atomic E-state index is 6.51. The Kier molecular flexibility index (Phi) is 5.80. The van der Waals surface area contributed by atoms with E-state index in [0.29, 0.717) is 29.8 Å². The van der Waals surface area contributed by atoms with Gasteiger partial charge in [-0.3, -0.25) is 0 Å². The molecule has 0 aromatic heterocycles. The smallest absolute Gasteiger partial charge is 0.0750 e. The summed E-state index contributed by atoms with van der Waals surface area (Å²) in [6.45, 7) is 0. The summed E-state index contributed by atoms with van der Waals surface area (Å²) in [5.74, 6) is 12.6. The SMILES string of the molecule is Clc1c(I)c(Cl)c(C#CC2C=CC=C2)c(Cl)c1C#CC1C=CC=C1. The van der Waals surface area contributed by atoms with Crippen molar-refractivity contribution < 1.29 is 0 Å². The third kappa shape index (κ3) is 3.76. The molecule has 1 aromatic rings. The van der Waals surface area contributed by atoms with Crippen LogP contribution in [0.5, 0.6) is 0 Å². The topological polar surface area (TPSA) is 0 Å². The van der Waals surface area contributed by atoms with Crippen LogP contribution in [0.3, 0.4) is 0 Å². The minimum absolute atomic E-state index is 0.0776. The molecular formula is C20H10Cl3I. The number of allylic oxidation sites excluding steroid dienone is 8. The molecule has 0 fully saturated rings. The van der Waals surface area contributed by atoms with Crippen LogP contribution < -0.4 is 0 Å². The van der Waals surface area contributed by atoms with Crippen molar-refractivity contribution in [1.29, 1.82) is 0 Å². The van der Waals surface area contributed by atoms with Crippen molar-refractivity contribution in [3.63, 3.8) is 0 Å². The summed E-state index contributed by atoms with van der Waals surface area (Å²) in [7, 11) is 0. The highest BCUT2D eigenvalue weighted by Crippen LogP contribution is 2.38. The Morgan fingerprint density at radius 1 is 0.667 bits per heavy atom. The Morgan fingerprint density at radius 2 is 1.04 bits per heavy atom. The number of halogens is 4. The van der Waals surface area contributed by atoms with Gasteiger partial charge in [-0.1, -0.05) is 107 Å². The largest absolute Gasteiger partial charge is 0.0860 e. The van der Waals surface area contributed by atoms with Crippen molar-refractivity contribution >= 4 is 57.4 Å². The van der Waals surface area contributed by atoms with Gasteiger partial charge in [-0.25, -0.2) is 0 Å². The molecular weight excluding hydrogens is 473 g/mol. The molecule has 2 aliphatic carbocycles. The molecule has 0 bridgehead atoms. The molecule has 4 heteroatoms. The molecule has 0 heterocycles. The Hall–Kier alpha value is -1.10. The zero-order valence-corrected chi connectivity index (χ0v) is 16.7. The zero-order valence-electron chi connectivity index (χ0n) is 12.3. The summed E-state index contributed by atoms with van der Waals surface area (Å²) in [6, 6.07) is 0. The first-order valence-corrected chi connectivity index (χ1v) is 9.38. The predicted octanol–water partition coefficient (Wildman–Crippen LogP) is 6.44. The summed E-state index contributed by atoms with van der Waals surface area (Å²) in [6.07, 6.45) is 15.9. The molecule has 0 spiro atoms. The molecule has 0 unspecified atom stereocenters. The van der Waals surface area contributed by atoms with Gasteiger partial charge in [-0.2, -0.15) is 0 Å². The summed E-state index contributed by atoms with van der Waals surface area (Å²) in [4.78, 5) is 0. The van der Waals surface area contributed by atoms with Crippen LogP contribution in [-0.4, -0.2) is 0 Å². The molecule has 0 saturated heterocycles. The van der Waals surface area contributed by atoms with Gasteiger partial charge in [0.25, 0.3) is 0 Å². The highest BCUT2D eigenvalue weighted by atomic mass is 127. The van der Waals surface area contributed by atoms with Crippen molar-refractivity contribution in [2.24, 2.45) is 11.8 Å². The molecule has 0 atom stereocenters. The summed E-state index contributed by atoms with van der Waals surface area (Å²) < 4.78 is 0.712. The average Bonchev–Trinajstić information content (AvgIpc) is 3.26. The minimum atomic E-state index is 0.0776. The van der Waals surface area contributed by atoms with E-state index >= 15 is 0 Å². The number of hydrogen-bond acceptors (Lipinski definition) is 0. The van der Waals surface area contributed by atoms with Crippen LogP contribution in [-0.2, 0) is 0 Å². The summed E-state index contributed by atoms with van der Waals surface area (Å²) in [5, 5.41) is 1.34. The normalized spacial score (nSPS) is 15.5. The van der Waals surface area contributed by atoms with Crippen LogP contribution in [0.15, 0.2) is 48.6 Å². The number of rotatable bonds is 0. The standard InChI is InChI=1S/C20H10Cl3I/c21-17-15(11-9-13-5-1-2-6-13)18(22)20(24)19(23)16(17)12-10-14-7-3-4-8-14/h1-8,13-14H. The Balaban J connectivity index is 2.06. The van der Waals surface area contributed by atoms with Gasteiger partial charge in [0.15, 0.2) is 0 Å². The quantitative estimate of drug-likeness (QED) is 0.172. The van der Waals surface area contributed by atoms with Gasteiger partial charge in [-0.05, 0) is 22.6 Å². The lowest BCUT2D eigenvalue weighted by atomic mass is 10.1. The van der Waals surface area contributed by atoms with E-state index in [-0.39, 0.29) is 11.8 Å². The van der Waals surface area contributed by atoms with Crippen molar-refractivity contribution in [2.45, 2.75) is 0 Å². The zero-order chi connectivity index (χ0) is 17.1. The minimum Gasteiger partial charge on any atom is -0.0860 e. The van der Waals surface area contributed by atoms with Crippen LogP contribution in [0.25, 0.3) is 0 Å². The maximum Gasteiger partial charge on any atom is 0.0750 e. The van der Waals surface area contributed by atoms with Crippen LogP contribution in [0.4, 0.5) is 0 Å². The third-order valence-electron chi connectivity index (χ3n) is 3.49. The lowest BCUT2D eigenvalue weighted by Gasteiger charge is -2.09. The molecule has 118 valence electrons. The molecule has 0 amide bonds. The molecule has 1 aromatic carbocycles. The molecule has 0 aliphatic heterocycles. The van der Waals surface area contributed by atoms with E-state index in [4.69, 9.17) is 34.8 Å². The second-order valence-electron chi connectivity index (χ2n) is 5.14. The molecule has 2 aliphatic rings. The first kappa shape index (κ1) is 17.7. The van der Waals surface area contributed by atoms with E-state index in [1.807, 2.05) is 48.6 Å². The van der Waals surface area contributed by atoms with Gasteiger partial charge in [0.2, 0.25) is 0 Å². The molecule has 3 rings (SSSR count). The first-order chi connectivity index (χ1) is 11.6. The molecule has 0 saturated carbocycles. The van der Waals surface area contributed by atoms with Gasteiger partial charge >= 0.3 is 0 Å². The van der Waals surface area contributed by atoms with Crippen LogP contribution in [0.2, 0.25) is 15.1 Å². The predicted molar refractivity (Wildman–Crippen MR) is 111 cm³/mol. The molecule has 24 heavy (non-hydrogen) atoms. The van der Waals surface area contributed by atoms with Crippen LogP contribution in [0.1, 0.15) is 11.1 Å². The van der Waals surface area contributed by atoms with Gasteiger partial charge in [0, 0.05) is 0 Å².